The Kier molecular flexibility index (Phi) is 7.41. The highest BCUT2D eigenvalue weighted by Gasteiger charge is 2.26. The number of hydrogen-bond acceptors (Lipinski definition) is 6. The number of anilines is 1. The number of methoxy groups -OCH3 is 3. The second-order valence-electron chi connectivity index (χ2n) is 4.86. The van der Waals surface area contributed by atoms with Gasteiger partial charge in [0, 0.05) is 25.7 Å². The Hall–Kier alpha value is -1.70. The standard InChI is InChI=1S/C15H22N2O5.ClH/c1-17(15(18)11-9-22-6-5-16-11)10-7-12(19-2)14(21-4)13(8-10)20-3;/h7-8,11,16H,5-6,9H2,1-4H3;1H. The molecule has 1 saturated heterocycles. The Morgan fingerprint density at radius 3 is 2.26 bits per heavy atom. The summed E-state index contributed by atoms with van der Waals surface area (Å²) in [6, 6.07) is 3.13. The lowest BCUT2D eigenvalue weighted by atomic mass is 10.2. The first-order valence-electron chi connectivity index (χ1n) is 7.01. The summed E-state index contributed by atoms with van der Waals surface area (Å²) >= 11 is 0. The van der Waals surface area contributed by atoms with Crippen LogP contribution in [0.3, 0.4) is 0 Å². The molecule has 1 heterocycles. The van der Waals surface area contributed by atoms with E-state index in [0.717, 1.165) is 0 Å². The number of hydrogen-bond donors (Lipinski definition) is 1. The van der Waals surface area contributed by atoms with E-state index >= 15 is 0 Å². The van der Waals surface area contributed by atoms with Crippen molar-refractivity contribution in [2.24, 2.45) is 0 Å². The molecule has 1 atom stereocenters. The van der Waals surface area contributed by atoms with Crippen molar-refractivity contribution in [1.82, 2.24) is 5.32 Å². The van der Waals surface area contributed by atoms with Gasteiger partial charge in [-0.3, -0.25) is 4.79 Å². The zero-order valence-electron chi connectivity index (χ0n) is 13.8. The maximum absolute atomic E-state index is 12.5. The van der Waals surface area contributed by atoms with Crippen molar-refractivity contribution >= 4 is 24.0 Å². The van der Waals surface area contributed by atoms with E-state index in [-0.39, 0.29) is 24.4 Å². The van der Waals surface area contributed by atoms with Crippen LogP contribution in [0.25, 0.3) is 0 Å². The van der Waals surface area contributed by atoms with E-state index in [9.17, 15) is 4.79 Å². The fourth-order valence-corrected chi connectivity index (χ4v) is 2.35. The van der Waals surface area contributed by atoms with Crippen LogP contribution >= 0.6 is 12.4 Å². The summed E-state index contributed by atoms with van der Waals surface area (Å²) in [6.07, 6.45) is 0. The van der Waals surface area contributed by atoms with Crippen molar-refractivity contribution in [3.63, 3.8) is 0 Å². The molecule has 8 heteroatoms. The average Bonchev–Trinajstić information content (AvgIpc) is 2.59. The third-order valence-corrected chi connectivity index (χ3v) is 3.59. The van der Waals surface area contributed by atoms with Gasteiger partial charge in [-0.2, -0.15) is 0 Å². The highest BCUT2D eigenvalue weighted by molar-refractivity contribution is 5.97. The molecule has 0 radical (unpaired) electrons. The van der Waals surface area contributed by atoms with Crippen molar-refractivity contribution in [2.75, 3.05) is 53.0 Å². The van der Waals surface area contributed by atoms with E-state index in [1.54, 1.807) is 38.3 Å². The van der Waals surface area contributed by atoms with Crippen LogP contribution < -0.4 is 24.4 Å². The Balaban J connectivity index is 0.00000264. The zero-order chi connectivity index (χ0) is 16.1. The molecule has 0 bridgehead atoms. The SMILES string of the molecule is COc1cc(N(C)C(=O)C2COCCN2)cc(OC)c1OC.Cl. The lowest BCUT2D eigenvalue weighted by Gasteiger charge is -2.28. The van der Waals surface area contributed by atoms with Gasteiger partial charge in [0.05, 0.1) is 40.2 Å². The molecule has 130 valence electrons. The van der Waals surface area contributed by atoms with E-state index in [4.69, 9.17) is 18.9 Å². The predicted molar refractivity (Wildman–Crippen MR) is 89.4 cm³/mol. The molecular weight excluding hydrogens is 324 g/mol. The molecule has 23 heavy (non-hydrogen) atoms. The van der Waals surface area contributed by atoms with Crippen LogP contribution in [-0.2, 0) is 9.53 Å². The number of amides is 1. The second kappa shape index (κ2) is 8.81. The second-order valence-corrected chi connectivity index (χ2v) is 4.86. The summed E-state index contributed by atoms with van der Waals surface area (Å²) in [5, 5.41) is 3.15. The van der Waals surface area contributed by atoms with Crippen LogP contribution in [0, 0.1) is 0 Å². The minimum atomic E-state index is -0.349. The van der Waals surface area contributed by atoms with Crippen molar-refractivity contribution in [1.29, 1.82) is 0 Å². The van der Waals surface area contributed by atoms with Crippen molar-refractivity contribution in [3.05, 3.63) is 12.1 Å². The Bertz CT molecular complexity index is 510. The number of morpholine rings is 1. The molecule has 1 unspecified atom stereocenters. The van der Waals surface area contributed by atoms with Gasteiger partial charge in [0.25, 0.3) is 0 Å². The summed E-state index contributed by atoms with van der Waals surface area (Å²) in [7, 11) is 6.33. The molecule has 2 rings (SSSR count). The highest BCUT2D eigenvalue weighted by Crippen LogP contribution is 2.40. The molecule has 1 fully saturated rings. The van der Waals surface area contributed by atoms with Gasteiger partial charge in [0.15, 0.2) is 11.5 Å². The van der Waals surface area contributed by atoms with Crippen molar-refractivity contribution in [2.45, 2.75) is 6.04 Å². The first-order chi connectivity index (χ1) is 10.6. The molecule has 1 aromatic carbocycles. The van der Waals surface area contributed by atoms with Gasteiger partial charge in [-0.25, -0.2) is 0 Å². The topological polar surface area (TPSA) is 69.3 Å². The van der Waals surface area contributed by atoms with Crippen LogP contribution in [0.15, 0.2) is 12.1 Å². The smallest absolute Gasteiger partial charge is 0.246 e. The maximum Gasteiger partial charge on any atom is 0.246 e. The largest absolute Gasteiger partial charge is 0.493 e. The quantitative estimate of drug-likeness (QED) is 0.860. The fourth-order valence-electron chi connectivity index (χ4n) is 2.35. The molecule has 1 aliphatic rings. The van der Waals surface area contributed by atoms with Gasteiger partial charge in [0.2, 0.25) is 11.7 Å². The molecule has 1 aromatic rings. The zero-order valence-corrected chi connectivity index (χ0v) is 14.6. The summed E-state index contributed by atoms with van der Waals surface area (Å²) < 4.78 is 21.2. The number of carbonyl (C=O) groups excluding carboxylic acids is 1. The first kappa shape index (κ1) is 19.3. The van der Waals surface area contributed by atoms with E-state index in [2.05, 4.69) is 5.32 Å². The van der Waals surface area contributed by atoms with Crippen LogP contribution in [-0.4, -0.2) is 60.1 Å². The Labute approximate surface area is 142 Å². The lowest BCUT2D eigenvalue weighted by Crippen LogP contribution is -2.51. The monoisotopic (exact) mass is 346 g/mol. The molecule has 1 amide bonds. The minimum absolute atomic E-state index is 0. The average molecular weight is 347 g/mol. The number of rotatable bonds is 5. The summed E-state index contributed by atoms with van der Waals surface area (Å²) in [6.45, 7) is 1.66. The summed E-state index contributed by atoms with van der Waals surface area (Å²) in [5.74, 6) is 1.43. The Morgan fingerprint density at radius 1 is 1.22 bits per heavy atom. The number of nitrogens with zero attached hydrogens (tertiary/aromatic N) is 1. The lowest BCUT2D eigenvalue weighted by molar-refractivity contribution is -0.123. The predicted octanol–water partition coefficient (Wildman–Crippen LogP) is 1.09. The summed E-state index contributed by atoms with van der Waals surface area (Å²) in [5.41, 5.74) is 0.659. The van der Waals surface area contributed by atoms with Crippen molar-refractivity contribution in [3.8, 4) is 17.2 Å². The van der Waals surface area contributed by atoms with E-state index < -0.39 is 0 Å². The number of likely N-dealkylation sites (N-methyl/N-ethyl adjacent to an activating group) is 1. The Morgan fingerprint density at radius 2 is 1.83 bits per heavy atom. The van der Waals surface area contributed by atoms with Crippen LogP contribution in [0.2, 0.25) is 0 Å². The molecule has 7 nitrogen and oxygen atoms in total. The number of halogens is 1. The van der Waals surface area contributed by atoms with Gasteiger partial charge >= 0.3 is 0 Å². The molecule has 0 spiro atoms. The normalized spacial score (nSPS) is 17.0. The fraction of sp³-hybridized carbons (Fsp3) is 0.533. The molecule has 1 N–H and O–H groups in total. The molecule has 0 aromatic heterocycles. The van der Waals surface area contributed by atoms with Gasteiger partial charge in [-0.1, -0.05) is 0 Å². The third-order valence-electron chi connectivity index (χ3n) is 3.59. The van der Waals surface area contributed by atoms with Gasteiger partial charge in [0.1, 0.15) is 6.04 Å². The molecular formula is C15H23ClN2O5. The van der Waals surface area contributed by atoms with Gasteiger partial charge in [-0.15, -0.1) is 12.4 Å². The van der Waals surface area contributed by atoms with Crippen LogP contribution in [0.5, 0.6) is 17.2 Å². The van der Waals surface area contributed by atoms with E-state index in [0.29, 0.717) is 42.7 Å². The number of nitrogens with one attached hydrogen (secondary N) is 1. The minimum Gasteiger partial charge on any atom is -0.493 e. The molecule has 0 saturated carbocycles. The van der Waals surface area contributed by atoms with Gasteiger partial charge in [-0.05, 0) is 0 Å². The molecule has 0 aliphatic carbocycles. The van der Waals surface area contributed by atoms with Crippen molar-refractivity contribution < 1.29 is 23.7 Å². The number of ether oxygens (including phenoxy) is 4. The molecule has 1 aliphatic heterocycles. The summed E-state index contributed by atoms with van der Waals surface area (Å²) in [4.78, 5) is 14.1. The van der Waals surface area contributed by atoms with Crippen LogP contribution in [0.4, 0.5) is 5.69 Å². The maximum atomic E-state index is 12.5. The van der Waals surface area contributed by atoms with Gasteiger partial charge < -0.3 is 29.2 Å². The first-order valence-corrected chi connectivity index (χ1v) is 7.01. The third kappa shape index (κ3) is 4.19. The van der Waals surface area contributed by atoms with E-state index in [1.807, 2.05) is 0 Å². The number of benzene rings is 1. The number of carbonyl (C=O) groups is 1. The van der Waals surface area contributed by atoms with Crippen LogP contribution in [0.1, 0.15) is 0 Å². The highest BCUT2D eigenvalue weighted by atomic mass is 35.5. The van der Waals surface area contributed by atoms with E-state index in [1.165, 1.54) is 7.11 Å².